The summed E-state index contributed by atoms with van der Waals surface area (Å²) in [6.45, 7) is 0.803. The molecule has 2 aromatic carbocycles. The number of methoxy groups -OCH3 is 1. The van der Waals surface area contributed by atoms with Gasteiger partial charge in [0.1, 0.15) is 5.82 Å². The molecule has 2 aromatic heterocycles. The van der Waals surface area contributed by atoms with Crippen LogP contribution in [0.25, 0.3) is 0 Å². The van der Waals surface area contributed by atoms with Gasteiger partial charge in [-0.15, -0.1) is 21.5 Å². The van der Waals surface area contributed by atoms with E-state index in [-0.39, 0.29) is 11.6 Å². The lowest BCUT2D eigenvalue weighted by Gasteiger charge is -2.10. The van der Waals surface area contributed by atoms with Crippen molar-refractivity contribution in [1.82, 2.24) is 14.8 Å². The van der Waals surface area contributed by atoms with Crippen LogP contribution in [0.1, 0.15) is 21.8 Å². The minimum Gasteiger partial charge on any atom is -0.494 e. The monoisotopic (exact) mass is 439 g/mol. The van der Waals surface area contributed by atoms with E-state index < -0.39 is 0 Å². The lowest BCUT2D eigenvalue weighted by atomic mass is 10.1. The number of benzene rings is 2. The van der Waals surface area contributed by atoms with Crippen molar-refractivity contribution >= 4 is 23.1 Å². The molecule has 0 N–H and O–H groups in total. The fourth-order valence-corrected chi connectivity index (χ4v) is 4.81. The van der Waals surface area contributed by atoms with Gasteiger partial charge in [-0.25, -0.2) is 4.39 Å². The molecule has 0 atom stereocenters. The highest BCUT2D eigenvalue weighted by Gasteiger charge is 2.14. The molecule has 0 spiro atoms. The summed E-state index contributed by atoms with van der Waals surface area (Å²) in [4.78, 5) is 1.26. The molecule has 4 nitrogen and oxygen atoms in total. The molecule has 0 amide bonds. The Morgan fingerprint density at radius 2 is 1.90 bits per heavy atom. The van der Waals surface area contributed by atoms with Gasteiger partial charge in [0.2, 0.25) is 0 Å². The number of nitrogens with zero attached hydrogens (tertiary/aromatic N) is 3. The molecule has 154 valence electrons. The molecule has 2 heterocycles. The van der Waals surface area contributed by atoms with Crippen molar-refractivity contribution in [2.75, 3.05) is 7.11 Å². The second-order valence-corrected chi connectivity index (χ2v) is 8.77. The van der Waals surface area contributed by atoms with Crippen molar-refractivity contribution in [1.29, 1.82) is 0 Å². The van der Waals surface area contributed by atoms with Crippen LogP contribution in [-0.2, 0) is 25.1 Å². The van der Waals surface area contributed by atoms with E-state index >= 15 is 0 Å². The molecule has 4 rings (SSSR count). The van der Waals surface area contributed by atoms with Crippen LogP contribution in [0.4, 0.5) is 4.39 Å². The third-order valence-electron chi connectivity index (χ3n) is 4.76. The Kier molecular flexibility index (Phi) is 6.81. The van der Waals surface area contributed by atoms with E-state index in [0.717, 1.165) is 35.9 Å². The van der Waals surface area contributed by atoms with E-state index in [4.69, 9.17) is 4.74 Å². The van der Waals surface area contributed by atoms with Crippen LogP contribution in [0.2, 0.25) is 0 Å². The summed E-state index contributed by atoms with van der Waals surface area (Å²) in [5.41, 5.74) is 2.16. The van der Waals surface area contributed by atoms with Crippen LogP contribution in [0.3, 0.4) is 0 Å². The Morgan fingerprint density at radius 1 is 1.03 bits per heavy atom. The molecule has 0 aliphatic rings. The Labute approximate surface area is 183 Å². The fourth-order valence-electron chi connectivity index (χ4n) is 3.18. The maximum absolute atomic E-state index is 14.0. The van der Waals surface area contributed by atoms with Gasteiger partial charge < -0.3 is 9.30 Å². The average Bonchev–Trinajstić information content (AvgIpc) is 3.42. The van der Waals surface area contributed by atoms with Gasteiger partial charge in [-0.05, 0) is 41.1 Å². The first kappa shape index (κ1) is 20.6. The molecule has 0 fully saturated rings. The van der Waals surface area contributed by atoms with Crippen LogP contribution in [0, 0.1) is 5.82 Å². The smallest absolute Gasteiger partial charge is 0.191 e. The normalized spacial score (nSPS) is 11.0. The van der Waals surface area contributed by atoms with E-state index in [0.29, 0.717) is 5.75 Å². The van der Waals surface area contributed by atoms with Crippen molar-refractivity contribution in [3.63, 3.8) is 0 Å². The van der Waals surface area contributed by atoms with Gasteiger partial charge in [-0.2, -0.15) is 0 Å². The van der Waals surface area contributed by atoms with Crippen LogP contribution in [-0.4, -0.2) is 21.9 Å². The Hall–Kier alpha value is -2.64. The highest BCUT2D eigenvalue weighted by atomic mass is 32.2. The first-order valence-electron chi connectivity index (χ1n) is 9.66. The fraction of sp³-hybridized carbons (Fsp3) is 0.217. The molecule has 7 heteroatoms. The van der Waals surface area contributed by atoms with Gasteiger partial charge in [-0.1, -0.05) is 54.2 Å². The van der Waals surface area contributed by atoms with Gasteiger partial charge in [0.25, 0.3) is 0 Å². The van der Waals surface area contributed by atoms with Gasteiger partial charge >= 0.3 is 0 Å². The molecule has 0 bridgehead atoms. The number of halogens is 1. The zero-order valence-electron chi connectivity index (χ0n) is 16.6. The molecule has 0 unspecified atom stereocenters. The minimum absolute atomic E-state index is 0.257. The molecule has 0 radical (unpaired) electrons. The van der Waals surface area contributed by atoms with Crippen molar-refractivity contribution in [3.8, 4) is 5.75 Å². The molecule has 0 saturated carbocycles. The molecule has 30 heavy (non-hydrogen) atoms. The van der Waals surface area contributed by atoms with E-state index in [9.17, 15) is 4.39 Å². The summed E-state index contributed by atoms with van der Waals surface area (Å²) in [5, 5.41) is 11.8. The van der Waals surface area contributed by atoms with Crippen LogP contribution < -0.4 is 4.74 Å². The second kappa shape index (κ2) is 9.91. The predicted molar refractivity (Wildman–Crippen MR) is 120 cm³/mol. The highest BCUT2D eigenvalue weighted by molar-refractivity contribution is 7.98. The van der Waals surface area contributed by atoms with Gasteiger partial charge in [0.15, 0.2) is 16.7 Å². The lowest BCUT2D eigenvalue weighted by molar-refractivity contribution is 0.386. The van der Waals surface area contributed by atoms with Gasteiger partial charge in [0.05, 0.1) is 7.11 Å². The quantitative estimate of drug-likeness (QED) is 0.318. The summed E-state index contributed by atoms with van der Waals surface area (Å²) in [6.07, 6.45) is 1.66. The Bertz CT molecular complexity index is 1080. The van der Waals surface area contributed by atoms with Crippen molar-refractivity contribution in [2.24, 2.45) is 0 Å². The van der Waals surface area contributed by atoms with E-state index in [2.05, 4.69) is 56.5 Å². The van der Waals surface area contributed by atoms with E-state index in [1.54, 1.807) is 29.2 Å². The third-order valence-corrected chi connectivity index (χ3v) is 6.67. The average molecular weight is 440 g/mol. The molecular weight excluding hydrogens is 417 g/mol. The SMILES string of the molecule is COc1ccc(CSc2nnc(Cc3cccs3)n2CCc2ccccc2)cc1F. The number of thiophene rings is 1. The number of hydrogen-bond donors (Lipinski definition) is 0. The number of thioether (sulfide) groups is 1. The summed E-state index contributed by atoms with van der Waals surface area (Å²) < 4.78 is 21.2. The van der Waals surface area contributed by atoms with Crippen molar-refractivity contribution in [2.45, 2.75) is 30.3 Å². The number of aryl methyl sites for hydroxylation is 1. The second-order valence-electron chi connectivity index (χ2n) is 6.80. The number of rotatable bonds is 9. The maximum atomic E-state index is 14.0. The summed E-state index contributed by atoms with van der Waals surface area (Å²) in [5.74, 6) is 1.48. The summed E-state index contributed by atoms with van der Waals surface area (Å²) in [7, 11) is 1.47. The number of aromatic nitrogens is 3. The van der Waals surface area contributed by atoms with Crippen molar-refractivity contribution in [3.05, 3.63) is 93.7 Å². The van der Waals surface area contributed by atoms with Gasteiger partial charge in [0, 0.05) is 23.6 Å². The molecular formula is C23H22FN3OS2. The van der Waals surface area contributed by atoms with E-state index in [1.807, 2.05) is 12.1 Å². The summed E-state index contributed by atoms with van der Waals surface area (Å²) in [6, 6.07) is 19.6. The zero-order chi connectivity index (χ0) is 20.8. The lowest BCUT2D eigenvalue weighted by Crippen LogP contribution is -2.08. The zero-order valence-corrected chi connectivity index (χ0v) is 18.3. The number of hydrogen-bond acceptors (Lipinski definition) is 5. The van der Waals surface area contributed by atoms with Crippen molar-refractivity contribution < 1.29 is 9.13 Å². The Morgan fingerprint density at radius 3 is 2.63 bits per heavy atom. The maximum Gasteiger partial charge on any atom is 0.191 e. The summed E-state index contributed by atoms with van der Waals surface area (Å²) >= 11 is 3.30. The van der Waals surface area contributed by atoms with Crippen LogP contribution in [0.15, 0.2) is 71.2 Å². The van der Waals surface area contributed by atoms with Gasteiger partial charge in [-0.3, -0.25) is 0 Å². The molecule has 0 saturated heterocycles. The molecule has 0 aliphatic heterocycles. The minimum atomic E-state index is -0.348. The highest BCUT2D eigenvalue weighted by Crippen LogP contribution is 2.26. The third kappa shape index (κ3) is 5.09. The standard InChI is InChI=1S/C23H22FN3OS2/c1-28-21-10-9-18(14-20(21)24)16-30-23-26-25-22(15-19-8-5-13-29-19)27(23)12-11-17-6-3-2-4-7-17/h2-10,13-14H,11-12,15-16H2,1H3. The molecule has 4 aromatic rings. The van der Waals surface area contributed by atoms with Crippen LogP contribution in [0.5, 0.6) is 5.75 Å². The van der Waals surface area contributed by atoms with Crippen LogP contribution >= 0.6 is 23.1 Å². The predicted octanol–water partition coefficient (Wildman–Crippen LogP) is 5.61. The Balaban J connectivity index is 1.52. The first-order chi connectivity index (χ1) is 14.7. The number of ether oxygens (including phenoxy) is 1. The first-order valence-corrected chi connectivity index (χ1v) is 11.5. The topological polar surface area (TPSA) is 39.9 Å². The largest absolute Gasteiger partial charge is 0.494 e. The van der Waals surface area contributed by atoms with E-state index in [1.165, 1.54) is 23.6 Å². The molecule has 0 aliphatic carbocycles.